The molecule has 0 aromatic carbocycles. The number of primary amides is 1. The van der Waals surface area contributed by atoms with Gasteiger partial charge in [0, 0.05) is 11.8 Å². The minimum absolute atomic E-state index is 0.116. The molecule has 1 rings (SSSR count). The normalized spacial score (nSPS) is 12.8. The summed E-state index contributed by atoms with van der Waals surface area (Å²) < 4.78 is 3.61. The Morgan fingerprint density at radius 2 is 2.55 bits per heavy atom. The molecule has 5 nitrogen and oxygen atoms in total. The molecular weight excluding hydrogens is 164 g/mol. The Kier molecular flexibility index (Phi) is 2.50. The Labute approximate surface area is 67.6 Å². The standard InChI is InChI=1S/C5H8N4OS/c6-3(1-5(7)10)4-2-11-9-8-4/h2-3H,1,6H2,(H2,7,10)/t3-/m0/s1. The lowest BCUT2D eigenvalue weighted by Crippen LogP contribution is -2.20. The van der Waals surface area contributed by atoms with Crippen LogP contribution < -0.4 is 11.5 Å². The van der Waals surface area contributed by atoms with Gasteiger partial charge >= 0.3 is 0 Å². The van der Waals surface area contributed by atoms with Crippen LogP contribution in [0, 0.1) is 0 Å². The molecule has 60 valence electrons. The van der Waals surface area contributed by atoms with E-state index < -0.39 is 11.9 Å². The minimum atomic E-state index is -0.425. The van der Waals surface area contributed by atoms with E-state index in [4.69, 9.17) is 11.5 Å². The monoisotopic (exact) mass is 172 g/mol. The highest BCUT2D eigenvalue weighted by Crippen LogP contribution is 2.10. The molecule has 0 bridgehead atoms. The molecule has 6 heteroatoms. The van der Waals surface area contributed by atoms with Gasteiger partial charge in [0.15, 0.2) is 0 Å². The second-order valence-electron chi connectivity index (χ2n) is 2.11. The summed E-state index contributed by atoms with van der Waals surface area (Å²) in [5, 5.41) is 5.41. The Hall–Kier alpha value is -1.01. The maximum Gasteiger partial charge on any atom is 0.219 e. The topological polar surface area (TPSA) is 94.9 Å². The molecule has 1 aromatic heterocycles. The van der Waals surface area contributed by atoms with Gasteiger partial charge in [-0.3, -0.25) is 4.79 Å². The molecular formula is C5H8N4OS. The molecule has 1 atom stereocenters. The summed E-state index contributed by atoms with van der Waals surface area (Å²) in [6.07, 6.45) is 0.116. The lowest BCUT2D eigenvalue weighted by atomic mass is 10.2. The first-order chi connectivity index (χ1) is 5.20. The number of hydrogen-bond donors (Lipinski definition) is 2. The van der Waals surface area contributed by atoms with E-state index in [1.54, 1.807) is 5.38 Å². The number of hydrogen-bond acceptors (Lipinski definition) is 5. The second-order valence-corrected chi connectivity index (χ2v) is 2.72. The molecule has 0 fully saturated rings. The summed E-state index contributed by atoms with van der Waals surface area (Å²) in [5.74, 6) is -0.425. The molecule has 0 radical (unpaired) electrons. The lowest BCUT2D eigenvalue weighted by molar-refractivity contribution is -0.118. The van der Waals surface area contributed by atoms with Crippen molar-refractivity contribution in [3.63, 3.8) is 0 Å². The average Bonchev–Trinajstić information content (AvgIpc) is 2.35. The molecule has 0 unspecified atom stereocenters. The number of rotatable bonds is 3. The van der Waals surface area contributed by atoms with Crippen LogP contribution in [0.15, 0.2) is 5.38 Å². The van der Waals surface area contributed by atoms with E-state index in [1.807, 2.05) is 0 Å². The van der Waals surface area contributed by atoms with E-state index in [9.17, 15) is 4.79 Å². The second kappa shape index (κ2) is 3.40. The van der Waals surface area contributed by atoms with Crippen LogP contribution >= 0.6 is 11.5 Å². The summed E-state index contributed by atoms with van der Waals surface area (Å²) >= 11 is 1.20. The van der Waals surface area contributed by atoms with Gasteiger partial charge in [0.25, 0.3) is 0 Å². The van der Waals surface area contributed by atoms with Gasteiger partial charge in [-0.2, -0.15) is 0 Å². The summed E-state index contributed by atoms with van der Waals surface area (Å²) in [6, 6.07) is -0.411. The molecule has 1 heterocycles. The van der Waals surface area contributed by atoms with Crippen molar-refractivity contribution >= 4 is 17.4 Å². The summed E-state index contributed by atoms with van der Waals surface area (Å²) in [6.45, 7) is 0. The molecule has 0 spiro atoms. The van der Waals surface area contributed by atoms with E-state index in [-0.39, 0.29) is 6.42 Å². The minimum Gasteiger partial charge on any atom is -0.370 e. The van der Waals surface area contributed by atoms with Gasteiger partial charge in [-0.1, -0.05) is 4.49 Å². The average molecular weight is 172 g/mol. The number of nitrogens with zero attached hydrogens (tertiary/aromatic N) is 2. The van der Waals surface area contributed by atoms with Gasteiger partial charge in [-0.25, -0.2) is 0 Å². The van der Waals surface area contributed by atoms with Crippen molar-refractivity contribution in [3.8, 4) is 0 Å². The van der Waals surface area contributed by atoms with Crippen molar-refractivity contribution in [2.45, 2.75) is 12.5 Å². The van der Waals surface area contributed by atoms with Crippen molar-refractivity contribution in [3.05, 3.63) is 11.1 Å². The van der Waals surface area contributed by atoms with Gasteiger partial charge in [0.1, 0.15) is 0 Å². The van der Waals surface area contributed by atoms with Crippen LogP contribution in [0.2, 0.25) is 0 Å². The predicted molar refractivity (Wildman–Crippen MR) is 40.6 cm³/mol. The first kappa shape index (κ1) is 8.09. The third-order valence-corrected chi connectivity index (χ3v) is 1.70. The Morgan fingerprint density at radius 3 is 3.00 bits per heavy atom. The van der Waals surface area contributed by atoms with Crippen molar-refractivity contribution in [1.29, 1.82) is 0 Å². The first-order valence-corrected chi connectivity index (χ1v) is 3.84. The van der Waals surface area contributed by atoms with E-state index in [0.29, 0.717) is 5.69 Å². The quantitative estimate of drug-likeness (QED) is 0.637. The fourth-order valence-corrected chi connectivity index (χ4v) is 1.17. The molecule has 0 aliphatic carbocycles. The van der Waals surface area contributed by atoms with Gasteiger partial charge < -0.3 is 11.5 Å². The van der Waals surface area contributed by atoms with Gasteiger partial charge in [-0.15, -0.1) is 5.10 Å². The zero-order chi connectivity index (χ0) is 8.27. The Balaban J connectivity index is 2.56. The molecule has 4 N–H and O–H groups in total. The summed E-state index contributed by atoms with van der Waals surface area (Å²) in [7, 11) is 0. The smallest absolute Gasteiger partial charge is 0.219 e. The van der Waals surface area contributed by atoms with E-state index >= 15 is 0 Å². The van der Waals surface area contributed by atoms with Crippen LogP contribution in [0.1, 0.15) is 18.2 Å². The van der Waals surface area contributed by atoms with E-state index in [0.717, 1.165) is 0 Å². The van der Waals surface area contributed by atoms with Crippen molar-refractivity contribution < 1.29 is 4.79 Å². The van der Waals surface area contributed by atoms with Crippen molar-refractivity contribution in [1.82, 2.24) is 9.59 Å². The predicted octanol–water partition coefficient (Wildman–Crippen LogP) is -0.587. The van der Waals surface area contributed by atoms with E-state index in [1.165, 1.54) is 11.5 Å². The molecule has 1 amide bonds. The fraction of sp³-hybridized carbons (Fsp3) is 0.400. The lowest BCUT2D eigenvalue weighted by Gasteiger charge is -2.02. The van der Waals surface area contributed by atoms with Crippen LogP contribution in [-0.4, -0.2) is 15.5 Å². The van der Waals surface area contributed by atoms with Crippen LogP contribution in [0.5, 0.6) is 0 Å². The maximum absolute atomic E-state index is 10.4. The number of nitrogens with two attached hydrogens (primary N) is 2. The van der Waals surface area contributed by atoms with Gasteiger partial charge in [-0.05, 0) is 11.5 Å². The van der Waals surface area contributed by atoms with Crippen LogP contribution in [-0.2, 0) is 4.79 Å². The van der Waals surface area contributed by atoms with Crippen molar-refractivity contribution in [2.24, 2.45) is 11.5 Å². The SMILES string of the molecule is NC(=O)C[C@H](N)c1csnn1. The summed E-state index contributed by atoms with van der Waals surface area (Å²) in [4.78, 5) is 10.4. The zero-order valence-corrected chi connectivity index (χ0v) is 6.54. The molecule has 11 heavy (non-hydrogen) atoms. The largest absolute Gasteiger partial charge is 0.370 e. The van der Waals surface area contributed by atoms with Gasteiger partial charge in [0.05, 0.1) is 11.7 Å². The third-order valence-electron chi connectivity index (χ3n) is 1.18. The van der Waals surface area contributed by atoms with Gasteiger partial charge in [0.2, 0.25) is 5.91 Å². The highest BCUT2D eigenvalue weighted by Gasteiger charge is 2.10. The molecule has 0 saturated carbocycles. The third kappa shape index (κ3) is 2.24. The zero-order valence-electron chi connectivity index (χ0n) is 5.73. The highest BCUT2D eigenvalue weighted by atomic mass is 32.1. The molecule has 0 saturated heterocycles. The van der Waals surface area contributed by atoms with Crippen molar-refractivity contribution in [2.75, 3.05) is 0 Å². The maximum atomic E-state index is 10.4. The highest BCUT2D eigenvalue weighted by molar-refractivity contribution is 7.03. The number of amides is 1. The van der Waals surface area contributed by atoms with E-state index in [2.05, 4.69) is 9.59 Å². The number of carbonyl (C=O) groups excluding carboxylic acids is 1. The first-order valence-electron chi connectivity index (χ1n) is 3.01. The van der Waals surface area contributed by atoms with Crippen LogP contribution in [0.25, 0.3) is 0 Å². The fourth-order valence-electron chi connectivity index (χ4n) is 0.655. The van der Waals surface area contributed by atoms with Crippen LogP contribution in [0.4, 0.5) is 0 Å². The number of aromatic nitrogens is 2. The van der Waals surface area contributed by atoms with Crippen LogP contribution in [0.3, 0.4) is 0 Å². The molecule has 0 aliphatic rings. The Morgan fingerprint density at radius 1 is 1.82 bits per heavy atom. The molecule has 1 aromatic rings. The Bertz CT molecular complexity index is 235. The summed E-state index contributed by atoms with van der Waals surface area (Å²) in [5.41, 5.74) is 11.1. The molecule has 0 aliphatic heterocycles. The number of carbonyl (C=O) groups is 1.